The van der Waals surface area contributed by atoms with E-state index < -0.39 is 0 Å². The largest absolute Gasteiger partial charge is 0.415 e. The predicted octanol–water partition coefficient (Wildman–Crippen LogP) is 1.72. The van der Waals surface area contributed by atoms with E-state index in [0.29, 0.717) is 17.0 Å². The lowest BCUT2D eigenvalue weighted by Gasteiger charge is -2.05. The molecule has 1 amide bonds. The van der Waals surface area contributed by atoms with Crippen LogP contribution in [0.3, 0.4) is 0 Å². The van der Waals surface area contributed by atoms with Crippen molar-refractivity contribution in [1.29, 1.82) is 0 Å². The fourth-order valence-electron chi connectivity index (χ4n) is 0.923. The molecule has 0 bridgehead atoms. The Morgan fingerprint density at radius 3 is 2.79 bits per heavy atom. The van der Waals surface area contributed by atoms with Gasteiger partial charge in [-0.3, -0.25) is 4.79 Å². The van der Waals surface area contributed by atoms with Crippen LogP contribution in [0.2, 0.25) is 0 Å². The SMILES string of the molecule is CN(C)C(=O)Sc1nnc(C2CC2)o1. The van der Waals surface area contributed by atoms with E-state index in [0.717, 1.165) is 24.6 Å². The van der Waals surface area contributed by atoms with Gasteiger partial charge in [-0.05, 0) is 12.8 Å². The van der Waals surface area contributed by atoms with Crippen LogP contribution in [0, 0.1) is 0 Å². The standard InChI is InChI=1S/C8H11N3O2S/c1-11(2)8(12)14-7-10-9-6(13-7)5-3-4-5/h5H,3-4H2,1-2H3. The van der Waals surface area contributed by atoms with Gasteiger partial charge in [0.2, 0.25) is 5.89 Å². The van der Waals surface area contributed by atoms with Gasteiger partial charge in [-0.2, -0.15) is 0 Å². The van der Waals surface area contributed by atoms with Crippen molar-refractivity contribution in [2.24, 2.45) is 0 Å². The van der Waals surface area contributed by atoms with Gasteiger partial charge >= 0.3 is 0 Å². The van der Waals surface area contributed by atoms with Crippen molar-refractivity contribution in [2.75, 3.05) is 14.1 Å². The van der Waals surface area contributed by atoms with Crippen molar-refractivity contribution in [3.8, 4) is 0 Å². The maximum atomic E-state index is 11.3. The quantitative estimate of drug-likeness (QED) is 0.700. The second-order valence-corrected chi connectivity index (χ2v) is 4.35. The molecule has 1 aliphatic carbocycles. The summed E-state index contributed by atoms with van der Waals surface area (Å²) in [6, 6.07) is 0. The number of rotatable bonds is 2. The molecule has 1 fully saturated rings. The normalized spacial score (nSPS) is 15.6. The molecule has 0 unspecified atom stereocenters. The summed E-state index contributed by atoms with van der Waals surface area (Å²) in [6.45, 7) is 0. The molecular weight excluding hydrogens is 202 g/mol. The van der Waals surface area contributed by atoms with Crippen molar-refractivity contribution < 1.29 is 9.21 Å². The number of nitrogens with zero attached hydrogens (tertiary/aromatic N) is 3. The molecule has 2 rings (SSSR count). The van der Waals surface area contributed by atoms with Gasteiger partial charge in [0.25, 0.3) is 10.5 Å². The summed E-state index contributed by atoms with van der Waals surface area (Å²) in [4.78, 5) is 12.7. The molecular formula is C8H11N3O2S. The van der Waals surface area contributed by atoms with Crippen molar-refractivity contribution in [3.63, 3.8) is 0 Å². The molecule has 0 spiro atoms. The third-order valence-corrected chi connectivity index (χ3v) is 2.77. The van der Waals surface area contributed by atoms with Gasteiger partial charge in [0, 0.05) is 31.8 Å². The molecule has 1 saturated carbocycles. The fraction of sp³-hybridized carbons (Fsp3) is 0.625. The first-order valence-corrected chi connectivity index (χ1v) is 5.21. The molecule has 1 aromatic heterocycles. The second-order valence-electron chi connectivity index (χ2n) is 3.44. The van der Waals surface area contributed by atoms with Gasteiger partial charge in [-0.15, -0.1) is 10.2 Å². The van der Waals surface area contributed by atoms with Gasteiger partial charge in [0.15, 0.2) is 0 Å². The number of carbonyl (C=O) groups is 1. The van der Waals surface area contributed by atoms with Crippen LogP contribution in [0.1, 0.15) is 24.7 Å². The molecule has 5 nitrogen and oxygen atoms in total. The molecule has 14 heavy (non-hydrogen) atoms. The lowest BCUT2D eigenvalue weighted by atomic mass is 10.4. The topological polar surface area (TPSA) is 59.2 Å². The van der Waals surface area contributed by atoms with Gasteiger partial charge in [-0.25, -0.2) is 0 Å². The monoisotopic (exact) mass is 213 g/mol. The average Bonchev–Trinajstić information content (AvgIpc) is 2.88. The molecule has 0 aromatic carbocycles. The van der Waals surface area contributed by atoms with Gasteiger partial charge in [-0.1, -0.05) is 0 Å². The number of hydrogen-bond donors (Lipinski definition) is 0. The molecule has 0 aliphatic heterocycles. The zero-order valence-electron chi connectivity index (χ0n) is 8.06. The molecule has 1 heterocycles. The van der Waals surface area contributed by atoms with Crippen molar-refractivity contribution in [1.82, 2.24) is 15.1 Å². The zero-order valence-corrected chi connectivity index (χ0v) is 8.87. The first-order chi connectivity index (χ1) is 6.66. The van der Waals surface area contributed by atoms with E-state index in [4.69, 9.17) is 4.42 Å². The van der Waals surface area contributed by atoms with E-state index in [1.165, 1.54) is 4.90 Å². The number of amides is 1. The van der Waals surface area contributed by atoms with Gasteiger partial charge in [0.05, 0.1) is 0 Å². The van der Waals surface area contributed by atoms with E-state index in [2.05, 4.69) is 10.2 Å². The lowest BCUT2D eigenvalue weighted by molar-refractivity contribution is 0.241. The number of aromatic nitrogens is 2. The van der Waals surface area contributed by atoms with Crippen LogP contribution < -0.4 is 0 Å². The van der Waals surface area contributed by atoms with Crippen molar-refractivity contribution >= 4 is 17.0 Å². The van der Waals surface area contributed by atoms with E-state index in [1.54, 1.807) is 14.1 Å². The summed E-state index contributed by atoms with van der Waals surface area (Å²) in [6.07, 6.45) is 2.24. The summed E-state index contributed by atoms with van der Waals surface area (Å²) in [5.74, 6) is 1.10. The van der Waals surface area contributed by atoms with E-state index in [9.17, 15) is 4.79 Å². The Morgan fingerprint density at radius 1 is 1.50 bits per heavy atom. The van der Waals surface area contributed by atoms with Crippen LogP contribution in [0.4, 0.5) is 4.79 Å². The number of thioether (sulfide) groups is 1. The van der Waals surface area contributed by atoms with E-state index >= 15 is 0 Å². The molecule has 6 heteroatoms. The summed E-state index contributed by atoms with van der Waals surface area (Å²) in [5.41, 5.74) is 0. The molecule has 0 radical (unpaired) electrons. The highest BCUT2D eigenvalue weighted by Gasteiger charge is 2.29. The summed E-state index contributed by atoms with van der Waals surface area (Å²) in [7, 11) is 3.38. The van der Waals surface area contributed by atoms with Crippen LogP contribution in [-0.2, 0) is 0 Å². The lowest BCUT2D eigenvalue weighted by Crippen LogP contribution is -2.16. The maximum absolute atomic E-state index is 11.3. The highest BCUT2D eigenvalue weighted by atomic mass is 32.2. The highest BCUT2D eigenvalue weighted by molar-refractivity contribution is 8.13. The Kier molecular flexibility index (Phi) is 2.45. The number of hydrogen-bond acceptors (Lipinski definition) is 5. The number of carbonyl (C=O) groups excluding carboxylic acids is 1. The Labute approximate surface area is 85.9 Å². The molecule has 1 aliphatic rings. The van der Waals surface area contributed by atoms with Crippen molar-refractivity contribution in [2.45, 2.75) is 24.0 Å². The zero-order chi connectivity index (χ0) is 10.1. The van der Waals surface area contributed by atoms with Crippen molar-refractivity contribution in [3.05, 3.63) is 5.89 Å². The van der Waals surface area contributed by atoms with Gasteiger partial charge < -0.3 is 9.32 Å². The minimum atomic E-state index is -0.101. The minimum Gasteiger partial charge on any atom is -0.415 e. The Hall–Kier alpha value is -1.04. The highest BCUT2D eigenvalue weighted by Crippen LogP contribution is 2.39. The smallest absolute Gasteiger partial charge is 0.290 e. The fourth-order valence-corrected chi connectivity index (χ4v) is 1.46. The van der Waals surface area contributed by atoms with Crippen LogP contribution in [0.15, 0.2) is 9.64 Å². The van der Waals surface area contributed by atoms with Crippen LogP contribution in [-0.4, -0.2) is 34.4 Å². The summed E-state index contributed by atoms with van der Waals surface area (Å²) < 4.78 is 5.32. The first-order valence-electron chi connectivity index (χ1n) is 4.39. The first kappa shape index (κ1) is 9.51. The van der Waals surface area contributed by atoms with Crippen LogP contribution >= 0.6 is 11.8 Å². The molecule has 0 atom stereocenters. The van der Waals surface area contributed by atoms with Crippen LogP contribution in [0.5, 0.6) is 0 Å². The molecule has 1 aromatic rings. The summed E-state index contributed by atoms with van der Waals surface area (Å²) >= 11 is 0.964. The second kappa shape index (κ2) is 3.61. The molecule has 0 saturated heterocycles. The van der Waals surface area contributed by atoms with E-state index in [1.807, 2.05) is 0 Å². The predicted molar refractivity (Wildman–Crippen MR) is 51.2 cm³/mol. The summed E-state index contributed by atoms with van der Waals surface area (Å²) in [5, 5.41) is 7.92. The third kappa shape index (κ3) is 2.06. The maximum Gasteiger partial charge on any atom is 0.290 e. The Bertz CT molecular complexity index is 346. The Balaban J connectivity index is 1.99. The third-order valence-electron chi connectivity index (χ3n) is 1.89. The molecule has 76 valence electrons. The minimum absolute atomic E-state index is 0.101. The average molecular weight is 213 g/mol. The van der Waals surface area contributed by atoms with Crippen LogP contribution in [0.25, 0.3) is 0 Å². The van der Waals surface area contributed by atoms with E-state index in [-0.39, 0.29) is 5.24 Å². The molecule has 0 N–H and O–H groups in total. The van der Waals surface area contributed by atoms with Gasteiger partial charge in [0.1, 0.15) is 0 Å². The Morgan fingerprint density at radius 2 is 2.21 bits per heavy atom.